The molecule has 0 saturated carbocycles. The zero-order valence-corrected chi connectivity index (χ0v) is 19.7. The molecule has 1 heterocycles. The van der Waals surface area contributed by atoms with Gasteiger partial charge in [0, 0.05) is 32.7 Å². The third-order valence-electron chi connectivity index (χ3n) is 4.33. The Balaban J connectivity index is 0.00000392. The topological polar surface area (TPSA) is 83.0 Å². The minimum atomic E-state index is -3.23. The largest absolute Gasteiger partial charge is 0.379 e. The molecule has 1 fully saturated rings. The van der Waals surface area contributed by atoms with E-state index in [1.807, 2.05) is 13.0 Å². The molecule has 1 aliphatic heterocycles. The van der Waals surface area contributed by atoms with Gasteiger partial charge in [-0.15, -0.1) is 24.0 Å². The molecule has 2 N–H and O–H groups in total. The van der Waals surface area contributed by atoms with E-state index in [0.29, 0.717) is 17.9 Å². The molecule has 1 aromatic rings. The number of hydrogen-bond acceptors (Lipinski definition) is 5. The lowest BCUT2D eigenvalue weighted by atomic mass is 10.3. The summed E-state index contributed by atoms with van der Waals surface area (Å²) in [6.07, 6.45) is 1.54. The Morgan fingerprint density at radius 2 is 1.86 bits per heavy atom. The number of ether oxygens (including phenoxy) is 1. The van der Waals surface area contributed by atoms with Crippen LogP contribution >= 0.6 is 24.0 Å². The highest BCUT2D eigenvalue weighted by Crippen LogP contribution is 2.10. The van der Waals surface area contributed by atoms with Crippen LogP contribution in [-0.2, 0) is 14.6 Å². The van der Waals surface area contributed by atoms with Gasteiger partial charge in [0.05, 0.1) is 23.9 Å². The molecule has 0 bridgehead atoms. The minimum Gasteiger partial charge on any atom is -0.379 e. The highest BCUT2D eigenvalue weighted by atomic mass is 127. The highest BCUT2D eigenvalue weighted by Gasteiger charge is 2.13. The summed E-state index contributed by atoms with van der Waals surface area (Å²) < 4.78 is 29.9. The SMILES string of the molecule is CCNC(=NCCCS(=O)(=O)c1ccccc1)NCCCN1CCOCC1.I. The fraction of sp³-hybridized carbons (Fsp3) is 0.632. The molecule has 1 aliphatic rings. The average Bonchev–Trinajstić information content (AvgIpc) is 2.70. The summed E-state index contributed by atoms with van der Waals surface area (Å²) in [6.45, 7) is 8.81. The molecule has 0 aliphatic carbocycles. The summed E-state index contributed by atoms with van der Waals surface area (Å²) in [7, 11) is -3.23. The van der Waals surface area contributed by atoms with Gasteiger partial charge in [-0.1, -0.05) is 18.2 Å². The van der Waals surface area contributed by atoms with E-state index in [1.54, 1.807) is 24.3 Å². The molecule has 0 spiro atoms. The lowest BCUT2D eigenvalue weighted by molar-refractivity contribution is 0.0376. The second-order valence-corrected chi connectivity index (χ2v) is 8.59. The molecule has 0 atom stereocenters. The molecule has 1 saturated heterocycles. The molecule has 0 radical (unpaired) electrons. The molecule has 160 valence electrons. The number of guanidine groups is 1. The maximum absolute atomic E-state index is 12.3. The summed E-state index contributed by atoms with van der Waals surface area (Å²) in [6, 6.07) is 8.58. The van der Waals surface area contributed by atoms with Gasteiger partial charge in [-0.3, -0.25) is 9.89 Å². The Hall–Kier alpha value is -0.910. The van der Waals surface area contributed by atoms with Gasteiger partial charge >= 0.3 is 0 Å². The molecule has 0 unspecified atom stereocenters. The maximum atomic E-state index is 12.3. The quantitative estimate of drug-likeness (QED) is 0.210. The lowest BCUT2D eigenvalue weighted by Gasteiger charge is -2.26. The number of benzene rings is 1. The van der Waals surface area contributed by atoms with Gasteiger partial charge in [0.2, 0.25) is 0 Å². The molecule has 28 heavy (non-hydrogen) atoms. The van der Waals surface area contributed by atoms with Crippen LogP contribution in [0.2, 0.25) is 0 Å². The van der Waals surface area contributed by atoms with Crippen molar-refractivity contribution in [3.63, 3.8) is 0 Å². The first-order chi connectivity index (χ1) is 13.1. The van der Waals surface area contributed by atoms with Gasteiger partial charge in [0.25, 0.3) is 0 Å². The van der Waals surface area contributed by atoms with Gasteiger partial charge in [0.1, 0.15) is 0 Å². The first-order valence-electron chi connectivity index (χ1n) is 9.72. The van der Waals surface area contributed by atoms with Crippen molar-refractivity contribution in [3.8, 4) is 0 Å². The average molecular weight is 524 g/mol. The van der Waals surface area contributed by atoms with Gasteiger partial charge in [0.15, 0.2) is 15.8 Å². The number of sulfone groups is 1. The molecular weight excluding hydrogens is 491 g/mol. The first-order valence-corrected chi connectivity index (χ1v) is 11.4. The molecule has 1 aromatic carbocycles. The van der Waals surface area contributed by atoms with Crippen molar-refractivity contribution in [2.45, 2.75) is 24.7 Å². The van der Waals surface area contributed by atoms with Gasteiger partial charge < -0.3 is 15.4 Å². The second-order valence-electron chi connectivity index (χ2n) is 6.48. The van der Waals surface area contributed by atoms with E-state index in [0.717, 1.165) is 58.3 Å². The smallest absolute Gasteiger partial charge is 0.191 e. The van der Waals surface area contributed by atoms with Gasteiger partial charge in [-0.2, -0.15) is 0 Å². The Morgan fingerprint density at radius 1 is 1.14 bits per heavy atom. The standard InChI is InChI=1S/C19H32N4O3S.HI/c1-2-20-19(21-10-6-12-23-13-15-26-16-14-23)22-11-7-17-27(24,25)18-8-4-3-5-9-18;/h3-5,8-9H,2,6-7,10-17H2,1H3,(H2,20,21,22);1H. The third-order valence-corrected chi connectivity index (χ3v) is 6.15. The number of aliphatic imine (C=N–C) groups is 1. The second kappa shape index (κ2) is 14.1. The highest BCUT2D eigenvalue weighted by molar-refractivity contribution is 14.0. The van der Waals surface area contributed by atoms with E-state index in [1.165, 1.54) is 0 Å². The van der Waals surface area contributed by atoms with Crippen molar-refractivity contribution < 1.29 is 13.2 Å². The molecule has 2 rings (SSSR count). The van der Waals surface area contributed by atoms with Crippen LogP contribution in [0.1, 0.15) is 19.8 Å². The van der Waals surface area contributed by atoms with Crippen molar-refractivity contribution in [2.75, 3.05) is 58.2 Å². The lowest BCUT2D eigenvalue weighted by Crippen LogP contribution is -2.40. The number of hydrogen-bond donors (Lipinski definition) is 2. The predicted octanol–water partition coefficient (Wildman–Crippen LogP) is 1.75. The van der Waals surface area contributed by atoms with Crippen LogP contribution in [0.4, 0.5) is 0 Å². The Kier molecular flexibility index (Phi) is 12.7. The summed E-state index contributed by atoms with van der Waals surface area (Å²) >= 11 is 0. The number of nitrogens with zero attached hydrogens (tertiary/aromatic N) is 2. The van der Waals surface area contributed by atoms with Gasteiger partial charge in [-0.25, -0.2) is 8.42 Å². The normalized spacial score (nSPS) is 15.7. The third kappa shape index (κ3) is 9.53. The van der Waals surface area contributed by atoms with Gasteiger partial charge in [-0.05, 0) is 38.4 Å². The minimum absolute atomic E-state index is 0. The van der Waals surface area contributed by atoms with Crippen LogP contribution in [0.5, 0.6) is 0 Å². The Bertz CT molecular complexity index is 665. The molecule has 0 aromatic heterocycles. The number of nitrogens with one attached hydrogen (secondary N) is 2. The first kappa shape index (κ1) is 25.1. The van der Waals surface area contributed by atoms with E-state index >= 15 is 0 Å². The van der Waals surface area contributed by atoms with Crippen molar-refractivity contribution in [3.05, 3.63) is 30.3 Å². The summed E-state index contributed by atoms with van der Waals surface area (Å²) in [5, 5.41) is 6.53. The Morgan fingerprint density at radius 3 is 2.54 bits per heavy atom. The van der Waals surface area contributed by atoms with Crippen molar-refractivity contribution in [2.24, 2.45) is 4.99 Å². The monoisotopic (exact) mass is 524 g/mol. The fourth-order valence-electron chi connectivity index (χ4n) is 2.87. The molecule has 7 nitrogen and oxygen atoms in total. The number of morpholine rings is 1. The summed E-state index contributed by atoms with van der Waals surface area (Å²) in [5.41, 5.74) is 0. The van der Waals surface area contributed by atoms with Crippen LogP contribution in [0.3, 0.4) is 0 Å². The zero-order valence-electron chi connectivity index (χ0n) is 16.6. The van der Waals surface area contributed by atoms with E-state index in [4.69, 9.17) is 4.74 Å². The van der Waals surface area contributed by atoms with Crippen LogP contribution in [-0.4, -0.2) is 77.5 Å². The predicted molar refractivity (Wildman–Crippen MR) is 124 cm³/mol. The van der Waals surface area contributed by atoms with E-state index in [-0.39, 0.29) is 29.7 Å². The molecule has 0 amide bonds. The van der Waals surface area contributed by atoms with Crippen LogP contribution in [0, 0.1) is 0 Å². The zero-order chi connectivity index (χ0) is 19.4. The van der Waals surface area contributed by atoms with E-state index < -0.39 is 9.84 Å². The molecule has 9 heteroatoms. The Labute approximate surface area is 186 Å². The van der Waals surface area contributed by atoms with E-state index in [2.05, 4.69) is 20.5 Å². The summed E-state index contributed by atoms with van der Waals surface area (Å²) in [4.78, 5) is 7.27. The van der Waals surface area contributed by atoms with Crippen molar-refractivity contribution in [1.29, 1.82) is 0 Å². The van der Waals surface area contributed by atoms with E-state index in [9.17, 15) is 8.42 Å². The van der Waals surface area contributed by atoms with Crippen molar-refractivity contribution in [1.82, 2.24) is 15.5 Å². The van der Waals surface area contributed by atoms with Crippen molar-refractivity contribution >= 4 is 39.8 Å². The fourth-order valence-corrected chi connectivity index (χ4v) is 4.18. The number of rotatable bonds is 10. The van der Waals surface area contributed by atoms with Crippen LogP contribution in [0.15, 0.2) is 40.2 Å². The van der Waals surface area contributed by atoms with Crippen LogP contribution < -0.4 is 10.6 Å². The molecular formula is C19H33IN4O3S. The summed E-state index contributed by atoms with van der Waals surface area (Å²) in [5.74, 6) is 0.855. The maximum Gasteiger partial charge on any atom is 0.191 e. The number of halogens is 1. The van der Waals surface area contributed by atoms with Crippen LogP contribution in [0.25, 0.3) is 0 Å².